The largest absolute Gasteiger partial charge is 0.460 e. The van der Waals surface area contributed by atoms with E-state index in [0.717, 1.165) is 12.8 Å². The molecule has 0 unspecified atom stereocenters. The molecule has 0 bridgehead atoms. The molecule has 0 aromatic carbocycles. The average Bonchev–Trinajstić information content (AvgIpc) is 2.54. The summed E-state index contributed by atoms with van der Waals surface area (Å²) < 4.78 is 9.90. The maximum Gasteiger partial charge on any atom is 0.375 e. The van der Waals surface area contributed by atoms with E-state index in [9.17, 15) is 4.79 Å². The Labute approximate surface area is 76.9 Å². The number of ether oxygens (including phenoxy) is 1. The van der Waals surface area contributed by atoms with Gasteiger partial charge < -0.3 is 9.15 Å². The van der Waals surface area contributed by atoms with E-state index in [2.05, 4.69) is 4.98 Å². The average molecular weight is 183 g/mol. The summed E-state index contributed by atoms with van der Waals surface area (Å²) in [6.45, 7) is 4.12. The molecule has 0 aliphatic rings. The Morgan fingerprint density at radius 1 is 1.62 bits per heavy atom. The molecule has 0 N–H and O–H groups in total. The Morgan fingerprint density at radius 2 is 2.38 bits per heavy atom. The van der Waals surface area contributed by atoms with Crippen molar-refractivity contribution in [2.75, 3.05) is 6.61 Å². The van der Waals surface area contributed by atoms with Crippen molar-refractivity contribution in [3.8, 4) is 0 Å². The van der Waals surface area contributed by atoms with Gasteiger partial charge >= 0.3 is 5.97 Å². The van der Waals surface area contributed by atoms with Crippen LogP contribution in [0.2, 0.25) is 0 Å². The van der Waals surface area contributed by atoms with Gasteiger partial charge in [-0.3, -0.25) is 0 Å². The number of carbonyl (C=O) groups is 1. The van der Waals surface area contributed by atoms with Crippen LogP contribution in [0, 0.1) is 0 Å². The van der Waals surface area contributed by atoms with Crippen molar-refractivity contribution in [2.45, 2.75) is 26.7 Å². The SMILES string of the molecule is CCCc1ncc(C(=O)OCC)o1. The van der Waals surface area contributed by atoms with Crippen LogP contribution >= 0.6 is 0 Å². The van der Waals surface area contributed by atoms with Crippen LogP contribution in [-0.2, 0) is 11.2 Å². The molecular weight excluding hydrogens is 170 g/mol. The number of oxazole rings is 1. The van der Waals surface area contributed by atoms with Crippen LogP contribution in [0.25, 0.3) is 0 Å². The summed E-state index contributed by atoms with van der Waals surface area (Å²) in [6, 6.07) is 0. The molecule has 0 amide bonds. The minimum absolute atomic E-state index is 0.185. The molecule has 4 nitrogen and oxygen atoms in total. The van der Waals surface area contributed by atoms with Gasteiger partial charge in [0.1, 0.15) is 0 Å². The van der Waals surface area contributed by atoms with Crippen LogP contribution in [0.1, 0.15) is 36.7 Å². The summed E-state index contributed by atoms with van der Waals surface area (Å²) in [5.74, 6) is 0.327. The molecule has 0 spiro atoms. The summed E-state index contributed by atoms with van der Waals surface area (Å²) in [4.78, 5) is 15.0. The summed E-state index contributed by atoms with van der Waals surface area (Å²) >= 11 is 0. The lowest BCUT2D eigenvalue weighted by Crippen LogP contribution is -2.02. The van der Waals surface area contributed by atoms with Crippen molar-refractivity contribution in [2.24, 2.45) is 0 Å². The summed E-state index contributed by atoms with van der Waals surface area (Å²) in [6.07, 6.45) is 3.10. The third kappa shape index (κ3) is 2.57. The van der Waals surface area contributed by atoms with Gasteiger partial charge in [-0.1, -0.05) is 6.92 Å². The molecule has 0 radical (unpaired) electrons. The zero-order valence-electron chi connectivity index (χ0n) is 7.87. The lowest BCUT2D eigenvalue weighted by Gasteiger charge is -1.95. The highest BCUT2D eigenvalue weighted by molar-refractivity contribution is 5.85. The van der Waals surface area contributed by atoms with Gasteiger partial charge in [0.05, 0.1) is 12.8 Å². The van der Waals surface area contributed by atoms with E-state index in [1.807, 2.05) is 6.92 Å². The number of aromatic nitrogens is 1. The molecule has 13 heavy (non-hydrogen) atoms. The number of carbonyl (C=O) groups excluding carboxylic acids is 1. The highest BCUT2D eigenvalue weighted by Gasteiger charge is 2.12. The molecule has 4 heteroatoms. The maximum atomic E-state index is 11.1. The Hall–Kier alpha value is -1.32. The Bertz CT molecular complexity index is 280. The Kier molecular flexibility index (Phi) is 3.49. The van der Waals surface area contributed by atoms with Crippen LogP contribution < -0.4 is 0 Å². The second-order valence-corrected chi connectivity index (χ2v) is 2.59. The van der Waals surface area contributed by atoms with Crippen LogP contribution in [0.4, 0.5) is 0 Å². The molecule has 0 fully saturated rings. The normalized spacial score (nSPS) is 10.0. The molecule has 0 aliphatic carbocycles. The predicted molar refractivity (Wildman–Crippen MR) is 46.5 cm³/mol. The fourth-order valence-corrected chi connectivity index (χ4v) is 0.936. The van der Waals surface area contributed by atoms with E-state index in [4.69, 9.17) is 9.15 Å². The van der Waals surface area contributed by atoms with Gasteiger partial charge in [-0.2, -0.15) is 0 Å². The van der Waals surface area contributed by atoms with Crippen LogP contribution in [-0.4, -0.2) is 17.6 Å². The molecule has 1 rings (SSSR count). The van der Waals surface area contributed by atoms with Crippen molar-refractivity contribution < 1.29 is 13.9 Å². The number of esters is 1. The van der Waals surface area contributed by atoms with E-state index >= 15 is 0 Å². The molecule has 72 valence electrons. The minimum Gasteiger partial charge on any atom is -0.460 e. The number of hydrogen-bond acceptors (Lipinski definition) is 4. The number of hydrogen-bond donors (Lipinski definition) is 0. The summed E-state index contributed by atoms with van der Waals surface area (Å²) in [7, 11) is 0. The Morgan fingerprint density at radius 3 is 3.00 bits per heavy atom. The monoisotopic (exact) mass is 183 g/mol. The van der Waals surface area contributed by atoms with Crippen LogP contribution in [0.5, 0.6) is 0 Å². The van der Waals surface area contributed by atoms with E-state index in [1.165, 1.54) is 6.20 Å². The van der Waals surface area contributed by atoms with E-state index in [-0.39, 0.29) is 5.76 Å². The van der Waals surface area contributed by atoms with Crippen LogP contribution in [0.15, 0.2) is 10.6 Å². The van der Waals surface area contributed by atoms with Gasteiger partial charge in [-0.25, -0.2) is 9.78 Å². The summed E-state index contributed by atoms with van der Waals surface area (Å²) in [5, 5.41) is 0. The standard InChI is InChI=1S/C9H13NO3/c1-3-5-8-10-6-7(13-8)9(11)12-4-2/h6H,3-5H2,1-2H3. The fraction of sp³-hybridized carbons (Fsp3) is 0.556. The highest BCUT2D eigenvalue weighted by atomic mass is 16.5. The van der Waals surface area contributed by atoms with Gasteiger partial charge in [0.15, 0.2) is 5.89 Å². The molecular formula is C9H13NO3. The smallest absolute Gasteiger partial charge is 0.375 e. The minimum atomic E-state index is -0.447. The lowest BCUT2D eigenvalue weighted by molar-refractivity contribution is 0.0488. The van der Waals surface area contributed by atoms with Crippen molar-refractivity contribution in [3.63, 3.8) is 0 Å². The fourth-order valence-electron chi connectivity index (χ4n) is 0.936. The van der Waals surface area contributed by atoms with Gasteiger partial charge in [-0.05, 0) is 13.3 Å². The van der Waals surface area contributed by atoms with Crippen molar-refractivity contribution >= 4 is 5.97 Å². The van der Waals surface area contributed by atoms with E-state index in [0.29, 0.717) is 12.5 Å². The third-order valence-corrected chi connectivity index (χ3v) is 1.49. The molecule has 1 heterocycles. The first-order chi connectivity index (χ1) is 6.27. The number of aryl methyl sites for hydroxylation is 1. The first-order valence-electron chi connectivity index (χ1n) is 4.39. The summed E-state index contributed by atoms with van der Waals surface area (Å²) in [5.41, 5.74) is 0. The quantitative estimate of drug-likeness (QED) is 0.668. The molecule has 1 aromatic heterocycles. The molecule has 0 saturated carbocycles. The third-order valence-electron chi connectivity index (χ3n) is 1.49. The topological polar surface area (TPSA) is 52.3 Å². The van der Waals surface area contributed by atoms with E-state index in [1.54, 1.807) is 6.92 Å². The highest BCUT2D eigenvalue weighted by Crippen LogP contribution is 2.06. The van der Waals surface area contributed by atoms with Crippen molar-refractivity contribution in [1.82, 2.24) is 4.98 Å². The van der Waals surface area contributed by atoms with Crippen LogP contribution in [0.3, 0.4) is 0 Å². The molecule has 0 atom stereocenters. The maximum absolute atomic E-state index is 11.1. The first kappa shape index (κ1) is 9.77. The zero-order chi connectivity index (χ0) is 9.68. The van der Waals surface area contributed by atoms with Gasteiger partial charge in [0.2, 0.25) is 5.76 Å². The lowest BCUT2D eigenvalue weighted by atomic mass is 10.3. The first-order valence-corrected chi connectivity index (χ1v) is 4.39. The molecule has 0 saturated heterocycles. The second kappa shape index (κ2) is 4.64. The number of nitrogens with zero attached hydrogens (tertiary/aromatic N) is 1. The second-order valence-electron chi connectivity index (χ2n) is 2.59. The van der Waals surface area contributed by atoms with Gasteiger partial charge in [0.25, 0.3) is 0 Å². The number of rotatable bonds is 4. The van der Waals surface area contributed by atoms with E-state index < -0.39 is 5.97 Å². The van der Waals surface area contributed by atoms with Crippen molar-refractivity contribution in [3.05, 3.63) is 17.8 Å². The zero-order valence-corrected chi connectivity index (χ0v) is 7.87. The van der Waals surface area contributed by atoms with Gasteiger partial charge in [0, 0.05) is 6.42 Å². The Balaban J connectivity index is 2.62. The van der Waals surface area contributed by atoms with Gasteiger partial charge in [-0.15, -0.1) is 0 Å². The molecule has 1 aromatic rings. The van der Waals surface area contributed by atoms with Crippen molar-refractivity contribution in [1.29, 1.82) is 0 Å². The predicted octanol–water partition coefficient (Wildman–Crippen LogP) is 1.80. The molecule has 0 aliphatic heterocycles.